The summed E-state index contributed by atoms with van der Waals surface area (Å²) in [6.07, 6.45) is 5.97. The maximum atomic E-state index is 4.29. The van der Waals surface area contributed by atoms with Gasteiger partial charge in [-0.05, 0) is 24.6 Å². The summed E-state index contributed by atoms with van der Waals surface area (Å²) in [5.41, 5.74) is 2.28. The monoisotopic (exact) mass is 169 g/mol. The van der Waals surface area contributed by atoms with Crippen molar-refractivity contribution in [3.63, 3.8) is 0 Å². The number of pyridine rings is 1. The normalized spacial score (nSPS) is 11.2. The Morgan fingerprint density at radius 3 is 2.92 bits per heavy atom. The Balaban J connectivity index is 2.75. The summed E-state index contributed by atoms with van der Waals surface area (Å²) in [6.45, 7) is 2.02. The number of hydrogen-bond acceptors (Lipinski definition) is 1. The van der Waals surface area contributed by atoms with E-state index in [1.807, 2.05) is 37.4 Å². The molecule has 0 unspecified atom stereocenters. The van der Waals surface area contributed by atoms with Gasteiger partial charge in [-0.2, -0.15) is 0 Å². The van der Waals surface area contributed by atoms with Gasteiger partial charge in [0.2, 0.25) is 0 Å². The van der Waals surface area contributed by atoms with Crippen molar-refractivity contribution in [3.05, 3.63) is 48.2 Å². The van der Waals surface area contributed by atoms with Gasteiger partial charge < -0.3 is 0 Å². The minimum Gasteiger partial charge on any atom is -0.256 e. The highest BCUT2D eigenvalue weighted by molar-refractivity contribution is 5.87. The number of rotatable bonds is 1. The first-order chi connectivity index (χ1) is 6.42. The van der Waals surface area contributed by atoms with Gasteiger partial charge in [-0.25, -0.2) is 0 Å². The highest BCUT2D eigenvalue weighted by Crippen LogP contribution is 2.17. The fourth-order valence-corrected chi connectivity index (χ4v) is 1.45. The molecule has 0 spiro atoms. The number of hydrogen-bond donors (Lipinski definition) is 0. The van der Waals surface area contributed by atoms with Crippen LogP contribution in [-0.4, -0.2) is 4.98 Å². The van der Waals surface area contributed by atoms with Crippen molar-refractivity contribution >= 4 is 17.0 Å². The van der Waals surface area contributed by atoms with Crippen LogP contribution < -0.4 is 0 Å². The van der Waals surface area contributed by atoms with Crippen LogP contribution in [0.1, 0.15) is 12.5 Å². The Hall–Kier alpha value is -1.63. The fraction of sp³-hybridized carbons (Fsp3) is 0.0833. The molecule has 1 aromatic carbocycles. The average molecular weight is 169 g/mol. The Morgan fingerprint density at radius 1 is 1.15 bits per heavy atom. The van der Waals surface area contributed by atoms with Gasteiger partial charge in [0.15, 0.2) is 0 Å². The molecule has 2 rings (SSSR count). The van der Waals surface area contributed by atoms with Crippen LogP contribution in [0.15, 0.2) is 42.6 Å². The number of benzene rings is 1. The maximum absolute atomic E-state index is 4.29. The third kappa shape index (κ3) is 1.45. The van der Waals surface area contributed by atoms with Gasteiger partial charge in [-0.15, -0.1) is 0 Å². The van der Waals surface area contributed by atoms with Crippen molar-refractivity contribution in [1.29, 1.82) is 0 Å². The highest BCUT2D eigenvalue weighted by atomic mass is 14.6. The molecule has 1 heterocycles. The van der Waals surface area contributed by atoms with Gasteiger partial charge in [0, 0.05) is 11.6 Å². The molecule has 0 amide bonds. The molecule has 0 bridgehead atoms. The van der Waals surface area contributed by atoms with Crippen molar-refractivity contribution in [1.82, 2.24) is 4.98 Å². The van der Waals surface area contributed by atoms with Crippen LogP contribution in [0.3, 0.4) is 0 Å². The molecular formula is C12H11N. The lowest BCUT2D eigenvalue weighted by Crippen LogP contribution is -1.80. The number of fused-ring (bicyclic) bond motifs is 1. The minimum atomic E-state index is 1.05. The molecule has 0 aliphatic carbocycles. The SMILES string of the molecule is CC=Cc1cccc2ncccc12. The quantitative estimate of drug-likeness (QED) is 0.638. The molecule has 2 aromatic rings. The van der Waals surface area contributed by atoms with Gasteiger partial charge in [0.1, 0.15) is 0 Å². The second-order valence-corrected chi connectivity index (χ2v) is 2.92. The second kappa shape index (κ2) is 3.40. The van der Waals surface area contributed by atoms with Gasteiger partial charge in [-0.1, -0.05) is 30.4 Å². The lowest BCUT2D eigenvalue weighted by atomic mass is 10.1. The van der Waals surface area contributed by atoms with Crippen molar-refractivity contribution in [2.24, 2.45) is 0 Å². The molecule has 0 saturated carbocycles. The first kappa shape index (κ1) is 7.99. The summed E-state index contributed by atoms with van der Waals surface area (Å²) < 4.78 is 0. The lowest BCUT2D eigenvalue weighted by Gasteiger charge is -1.99. The van der Waals surface area contributed by atoms with Crippen LogP contribution in [0, 0.1) is 0 Å². The topological polar surface area (TPSA) is 12.9 Å². The van der Waals surface area contributed by atoms with E-state index >= 15 is 0 Å². The Kier molecular flexibility index (Phi) is 2.09. The zero-order valence-electron chi connectivity index (χ0n) is 7.57. The van der Waals surface area contributed by atoms with E-state index in [-0.39, 0.29) is 0 Å². The van der Waals surface area contributed by atoms with Gasteiger partial charge >= 0.3 is 0 Å². The summed E-state index contributed by atoms with van der Waals surface area (Å²) >= 11 is 0. The zero-order valence-corrected chi connectivity index (χ0v) is 7.57. The lowest BCUT2D eigenvalue weighted by molar-refractivity contribution is 1.41. The molecule has 0 radical (unpaired) electrons. The molecular weight excluding hydrogens is 158 g/mol. The smallest absolute Gasteiger partial charge is 0.0707 e. The standard InChI is InChI=1S/C12H11N/c1-2-5-10-6-3-8-12-11(10)7-4-9-13-12/h2-9H,1H3. The second-order valence-electron chi connectivity index (χ2n) is 2.92. The fourth-order valence-electron chi connectivity index (χ4n) is 1.45. The van der Waals surface area contributed by atoms with E-state index in [0.29, 0.717) is 0 Å². The average Bonchev–Trinajstić information content (AvgIpc) is 2.19. The summed E-state index contributed by atoms with van der Waals surface area (Å²) in [7, 11) is 0. The third-order valence-electron chi connectivity index (χ3n) is 2.03. The summed E-state index contributed by atoms with van der Waals surface area (Å²) in [4.78, 5) is 4.29. The third-order valence-corrected chi connectivity index (χ3v) is 2.03. The zero-order chi connectivity index (χ0) is 9.10. The van der Waals surface area contributed by atoms with Gasteiger partial charge in [-0.3, -0.25) is 4.98 Å². The van der Waals surface area contributed by atoms with Crippen LogP contribution in [0.4, 0.5) is 0 Å². The summed E-state index contributed by atoms with van der Waals surface area (Å²) in [6, 6.07) is 10.2. The molecule has 13 heavy (non-hydrogen) atoms. The Morgan fingerprint density at radius 2 is 2.08 bits per heavy atom. The minimum absolute atomic E-state index is 1.05. The number of aromatic nitrogens is 1. The molecule has 0 aliphatic heterocycles. The van der Waals surface area contributed by atoms with E-state index in [0.717, 1.165) is 5.52 Å². The Bertz CT molecular complexity index is 438. The van der Waals surface area contributed by atoms with Crippen molar-refractivity contribution in [2.75, 3.05) is 0 Å². The molecule has 64 valence electrons. The van der Waals surface area contributed by atoms with E-state index in [1.54, 1.807) is 0 Å². The van der Waals surface area contributed by atoms with Crippen molar-refractivity contribution in [2.45, 2.75) is 6.92 Å². The van der Waals surface area contributed by atoms with Gasteiger partial charge in [0.05, 0.1) is 5.52 Å². The molecule has 0 saturated heterocycles. The van der Waals surface area contributed by atoms with Gasteiger partial charge in [0.25, 0.3) is 0 Å². The van der Waals surface area contributed by atoms with Crippen LogP contribution in [0.2, 0.25) is 0 Å². The largest absolute Gasteiger partial charge is 0.256 e. The highest BCUT2D eigenvalue weighted by Gasteiger charge is 1.95. The maximum Gasteiger partial charge on any atom is 0.0707 e. The van der Waals surface area contributed by atoms with E-state index < -0.39 is 0 Å². The Labute approximate surface area is 77.7 Å². The van der Waals surface area contributed by atoms with Crippen LogP contribution in [0.5, 0.6) is 0 Å². The van der Waals surface area contributed by atoms with Crippen LogP contribution in [-0.2, 0) is 0 Å². The first-order valence-electron chi connectivity index (χ1n) is 4.38. The number of allylic oxidation sites excluding steroid dienone is 1. The van der Waals surface area contributed by atoms with Crippen LogP contribution >= 0.6 is 0 Å². The van der Waals surface area contributed by atoms with E-state index in [1.165, 1.54) is 10.9 Å². The van der Waals surface area contributed by atoms with Crippen molar-refractivity contribution < 1.29 is 0 Å². The van der Waals surface area contributed by atoms with E-state index in [2.05, 4.69) is 23.2 Å². The molecule has 0 fully saturated rings. The molecule has 0 aliphatic rings. The summed E-state index contributed by atoms with van der Waals surface area (Å²) in [5, 5.41) is 1.21. The molecule has 0 atom stereocenters. The molecule has 0 N–H and O–H groups in total. The number of nitrogens with zero attached hydrogens (tertiary/aromatic N) is 1. The van der Waals surface area contributed by atoms with Crippen molar-refractivity contribution in [3.8, 4) is 0 Å². The molecule has 1 heteroatoms. The molecule has 1 nitrogen and oxygen atoms in total. The van der Waals surface area contributed by atoms with Crippen LogP contribution in [0.25, 0.3) is 17.0 Å². The molecule has 1 aromatic heterocycles. The first-order valence-corrected chi connectivity index (χ1v) is 4.38. The van der Waals surface area contributed by atoms with E-state index in [9.17, 15) is 0 Å². The predicted molar refractivity (Wildman–Crippen MR) is 56.5 cm³/mol. The predicted octanol–water partition coefficient (Wildman–Crippen LogP) is 3.27. The summed E-state index contributed by atoms with van der Waals surface area (Å²) in [5.74, 6) is 0. The van der Waals surface area contributed by atoms with E-state index in [4.69, 9.17) is 0 Å².